The quantitative estimate of drug-likeness (QED) is 0.0795. The largest absolute Gasteiger partial charge is 0.505 e. The van der Waals surface area contributed by atoms with E-state index >= 15 is 0 Å². The smallest absolute Gasteiger partial charge is 0.259 e. The van der Waals surface area contributed by atoms with Gasteiger partial charge >= 0.3 is 0 Å². The molecule has 0 aliphatic heterocycles. The van der Waals surface area contributed by atoms with Gasteiger partial charge in [-0.2, -0.15) is 15.3 Å². The Kier molecular flexibility index (Phi) is 13.8. The first-order valence-corrected chi connectivity index (χ1v) is 24.2. The van der Waals surface area contributed by atoms with Gasteiger partial charge in [0.2, 0.25) is 0 Å². The number of carbonyl (C=O) groups is 2. The molecule has 2 amide bonds. The van der Waals surface area contributed by atoms with E-state index in [1.807, 2.05) is 182 Å². The maximum absolute atomic E-state index is 13.5. The van der Waals surface area contributed by atoms with Crippen molar-refractivity contribution in [3.63, 3.8) is 0 Å². The van der Waals surface area contributed by atoms with Crippen molar-refractivity contribution in [3.05, 3.63) is 227 Å². The molecule has 0 unspecified atom stereocenters. The zero-order chi connectivity index (χ0) is 51.1. The van der Waals surface area contributed by atoms with Crippen LogP contribution in [0.2, 0.25) is 0 Å². The minimum atomic E-state index is -0.456. The van der Waals surface area contributed by atoms with Crippen molar-refractivity contribution in [3.8, 4) is 28.4 Å². The van der Waals surface area contributed by atoms with Gasteiger partial charge in [0, 0.05) is 39.5 Å². The number of aromatic nitrogens is 2. The van der Waals surface area contributed by atoms with Gasteiger partial charge in [-0.3, -0.25) is 9.59 Å². The molecule has 0 saturated heterocycles. The van der Waals surface area contributed by atoms with Crippen LogP contribution in [-0.4, -0.2) is 31.8 Å². The van der Waals surface area contributed by atoms with Gasteiger partial charge < -0.3 is 20.8 Å². The van der Waals surface area contributed by atoms with Crippen LogP contribution in [0, 0.1) is 13.8 Å². The number of nitrogens with zero attached hydrogens (tertiary/aromatic N) is 6. The summed E-state index contributed by atoms with van der Waals surface area (Å²) >= 11 is 0. The van der Waals surface area contributed by atoms with Crippen LogP contribution >= 0.6 is 0 Å². The lowest BCUT2D eigenvalue weighted by Gasteiger charge is -2.12. The summed E-state index contributed by atoms with van der Waals surface area (Å²) in [6.45, 7) is 5.98. The predicted molar refractivity (Wildman–Crippen MR) is 296 cm³/mol. The number of phenolic OH excluding ortho intramolecular Hbond substituents is 2. The maximum atomic E-state index is 13.5. The van der Waals surface area contributed by atoms with Crippen molar-refractivity contribution in [1.82, 2.24) is 9.78 Å². The second kappa shape index (κ2) is 21.3. The van der Waals surface area contributed by atoms with E-state index in [9.17, 15) is 19.8 Å². The fourth-order valence-electron chi connectivity index (χ4n) is 8.70. The molecule has 0 bridgehead atoms. The summed E-state index contributed by atoms with van der Waals surface area (Å²) in [4.78, 5) is 27.0. The lowest BCUT2D eigenvalue weighted by Crippen LogP contribution is -2.13. The van der Waals surface area contributed by atoms with E-state index in [4.69, 9.17) is 5.10 Å². The first-order chi connectivity index (χ1) is 36.1. The number of aryl methyl sites for hydroxylation is 3. The molecule has 0 fully saturated rings. The second-order valence-electron chi connectivity index (χ2n) is 17.9. The number of fused-ring (bicyclic) bond motifs is 2. The first-order valence-electron chi connectivity index (χ1n) is 24.2. The molecular weight excluding hydrogens is 921 g/mol. The summed E-state index contributed by atoms with van der Waals surface area (Å²) in [5, 5.41) is 54.6. The van der Waals surface area contributed by atoms with Crippen LogP contribution in [-0.2, 0) is 6.42 Å². The SMILES string of the molecule is CCCc1ccc(-c2nn(-c3ccc(N=Nc4c(O)c(C(=O)Nc5ccccc5C)cc5ccccc45)cc3)cc2/C=C/c2ccc(N=Nc3c(O)c(C(=O)Nc4ccccc4C)cc4ccccc34)cc2)cc1. The molecule has 0 spiro atoms. The summed E-state index contributed by atoms with van der Waals surface area (Å²) in [6.07, 6.45) is 8.06. The maximum Gasteiger partial charge on any atom is 0.259 e. The third-order valence-corrected chi connectivity index (χ3v) is 12.8. The molecule has 1 heterocycles. The van der Waals surface area contributed by atoms with Crippen molar-refractivity contribution >= 4 is 79.6 Å². The number of phenols is 2. The number of rotatable bonds is 14. The molecule has 12 nitrogen and oxygen atoms in total. The Morgan fingerprint density at radius 1 is 0.568 bits per heavy atom. The van der Waals surface area contributed by atoms with Gasteiger partial charge in [-0.1, -0.05) is 147 Å². The third kappa shape index (κ3) is 10.3. The number of hydrogen-bond donors (Lipinski definition) is 4. The molecule has 12 heteroatoms. The molecule has 10 rings (SSSR count). The number of para-hydroxylation sites is 2. The van der Waals surface area contributed by atoms with Crippen LogP contribution in [0.5, 0.6) is 11.5 Å². The van der Waals surface area contributed by atoms with Gasteiger partial charge in [0.15, 0.2) is 11.5 Å². The van der Waals surface area contributed by atoms with Crippen molar-refractivity contribution < 1.29 is 19.8 Å². The number of hydrogen-bond acceptors (Lipinski definition) is 9. The van der Waals surface area contributed by atoms with Gasteiger partial charge in [-0.25, -0.2) is 4.68 Å². The van der Waals surface area contributed by atoms with E-state index in [1.54, 1.807) is 12.1 Å². The molecule has 0 aliphatic rings. The van der Waals surface area contributed by atoms with E-state index in [-0.39, 0.29) is 34.0 Å². The minimum Gasteiger partial charge on any atom is -0.505 e. The van der Waals surface area contributed by atoms with Gasteiger partial charge in [0.25, 0.3) is 11.8 Å². The Hall–Kier alpha value is -9.81. The molecule has 0 radical (unpaired) electrons. The molecule has 0 atom stereocenters. The highest BCUT2D eigenvalue weighted by Crippen LogP contribution is 2.42. The number of carbonyl (C=O) groups excluding carboxylic acids is 2. The zero-order valence-electron chi connectivity index (χ0n) is 40.9. The fraction of sp³-hybridized carbons (Fsp3) is 0.0806. The lowest BCUT2D eigenvalue weighted by atomic mass is 10.0. The van der Waals surface area contributed by atoms with E-state index in [0.29, 0.717) is 33.5 Å². The molecule has 9 aromatic carbocycles. The van der Waals surface area contributed by atoms with Gasteiger partial charge in [-0.05, 0) is 114 Å². The van der Waals surface area contributed by atoms with Gasteiger partial charge in [-0.15, -0.1) is 10.2 Å². The molecule has 10 aromatic rings. The van der Waals surface area contributed by atoms with Crippen LogP contribution in [0.1, 0.15) is 61.9 Å². The van der Waals surface area contributed by atoms with E-state index in [1.165, 1.54) is 5.56 Å². The van der Waals surface area contributed by atoms with Crippen LogP contribution in [0.4, 0.5) is 34.1 Å². The second-order valence-corrected chi connectivity index (χ2v) is 17.9. The molecular formula is C62H50N8O4. The Labute approximate surface area is 427 Å². The fourth-order valence-corrected chi connectivity index (χ4v) is 8.70. The topological polar surface area (TPSA) is 166 Å². The van der Waals surface area contributed by atoms with Crippen LogP contribution in [0.25, 0.3) is 50.6 Å². The third-order valence-electron chi connectivity index (χ3n) is 12.8. The molecule has 0 saturated carbocycles. The Balaban J connectivity index is 0.899. The van der Waals surface area contributed by atoms with Crippen LogP contribution in [0.15, 0.2) is 209 Å². The van der Waals surface area contributed by atoms with Crippen molar-refractivity contribution in [2.45, 2.75) is 33.6 Å². The highest BCUT2D eigenvalue weighted by Gasteiger charge is 2.21. The number of amides is 2. The van der Waals surface area contributed by atoms with E-state index in [0.717, 1.165) is 62.8 Å². The van der Waals surface area contributed by atoms with Crippen LogP contribution in [0.3, 0.4) is 0 Å². The monoisotopic (exact) mass is 970 g/mol. The Morgan fingerprint density at radius 2 is 1.05 bits per heavy atom. The highest BCUT2D eigenvalue weighted by molar-refractivity contribution is 6.13. The summed E-state index contributed by atoms with van der Waals surface area (Å²) in [7, 11) is 0. The molecule has 74 heavy (non-hydrogen) atoms. The number of azo groups is 2. The van der Waals surface area contributed by atoms with Crippen molar-refractivity contribution in [1.29, 1.82) is 0 Å². The average molecular weight is 971 g/mol. The number of aromatic hydroxyl groups is 2. The van der Waals surface area contributed by atoms with E-state index in [2.05, 4.69) is 62.3 Å². The predicted octanol–water partition coefficient (Wildman–Crippen LogP) is 16.3. The van der Waals surface area contributed by atoms with Crippen molar-refractivity contribution in [2.75, 3.05) is 10.6 Å². The Bertz CT molecular complexity index is 3820. The summed E-state index contributed by atoms with van der Waals surface area (Å²) in [6, 6.07) is 56.6. The number of nitrogens with one attached hydrogen (secondary N) is 2. The number of benzene rings is 9. The zero-order valence-corrected chi connectivity index (χ0v) is 40.9. The minimum absolute atomic E-state index is 0.0893. The first kappa shape index (κ1) is 47.8. The summed E-state index contributed by atoms with van der Waals surface area (Å²) in [5.41, 5.74) is 10.4. The normalized spacial score (nSPS) is 11.6. The standard InChI is InChI=1S/C62H50N8O4/c1-4-13-41-22-27-43(28-23-41)56-46(29-24-42-25-30-47(31-26-42)65-67-57-50-18-9-7-16-44(50)36-52(59(57)71)61(73)63-54-20-11-5-14-39(54)2)38-70(69-56)49-34-32-48(33-35-49)66-68-58-51-19-10-8-17-45(51)37-53(60(58)72)62(74)64-55-21-12-6-15-40(55)3/h5-12,14-38,71-72H,4,13H2,1-3H3,(H,63,73)(H,64,74)/b29-24+,67-65?,68-66?. The molecule has 1 aromatic heterocycles. The molecule has 362 valence electrons. The van der Waals surface area contributed by atoms with E-state index < -0.39 is 11.8 Å². The lowest BCUT2D eigenvalue weighted by molar-refractivity contribution is 0.101. The van der Waals surface area contributed by atoms with Crippen molar-refractivity contribution in [2.24, 2.45) is 20.5 Å². The highest BCUT2D eigenvalue weighted by atomic mass is 16.3. The molecule has 4 N–H and O–H groups in total. The summed E-state index contributed by atoms with van der Waals surface area (Å²) < 4.78 is 1.83. The van der Waals surface area contributed by atoms with Gasteiger partial charge in [0.05, 0.1) is 33.9 Å². The van der Waals surface area contributed by atoms with Crippen LogP contribution < -0.4 is 10.6 Å². The Morgan fingerprint density at radius 3 is 1.57 bits per heavy atom. The summed E-state index contributed by atoms with van der Waals surface area (Å²) in [5.74, 6) is -1.43. The average Bonchev–Trinajstić information content (AvgIpc) is 3.86. The number of anilines is 2. The van der Waals surface area contributed by atoms with Gasteiger partial charge in [0.1, 0.15) is 11.4 Å². The molecule has 0 aliphatic carbocycles.